The summed E-state index contributed by atoms with van der Waals surface area (Å²) >= 11 is 0. The molecule has 0 spiro atoms. The van der Waals surface area contributed by atoms with Gasteiger partial charge in [-0.25, -0.2) is 0 Å². The number of hydrogen-bond donors (Lipinski definition) is 3. The van der Waals surface area contributed by atoms with Crippen LogP contribution in [-0.4, -0.2) is 35.5 Å². The molecule has 0 saturated heterocycles. The number of anilines is 3. The topological polar surface area (TPSA) is 177 Å². The van der Waals surface area contributed by atoms with Crippen LogP contribution in [0.5, 0.6) is 0 Å². The van der Waals surface area contributed by atoms with Crippen LogP contribution in [0.3, 0.4) is 0 Å². The third kappa shape index (κ3) is 15.5. The van der Waals surface area contributed by atoms with Crippen LogP contribution in [0.2, 0.25) is 0 Å². The molecule has 0 aliphatic carbocycles. The standard InChI is InChI=1S/C16H19N3O2.C8H9N2O.2C8H11NO/c1-20-10-12-5-3-4-6-16(12)19-18-14-7-8-15(17)13(9-14)11-21-2;1-11-6-7-4-2-3-5-8(7)10-9;2*1-10-6-7-4-2-3-5-8(7)9/h3-9H,10-11,17H2,1-2H3;2-5H,6H2,1H3;2*2-5H,6,9H2,1H3/q;+1;;. The lowest BCUT2D eigenvalue weighted by molar-refractivity contribution is 0.185. The van der Waals surface area contributed by atoms with Gasteiger partial charge in [0.1, 0.15) is 0 Å². The van der Waals surface area contributed by atoms with Crippen molar-refractivity contribution in [1.29, 1.82) is 5.39 Å². The molecular formula is C40H50N7O5+. The second kappa shape index (κ2) is 25.3. The molecule has 0 fully saturated rings. The summed E-state index contributed by atoms with van der Waals surface area (Å²) in [6, 6.07) is 35.9. The minimum absolute atomic E-state index is 0.454. The fourth-order valence-electron chi connectivity index (χ4n) is 4.46. The Bertz CT molecular complexity index is 1780. The molecule has 0 aliphatic heterocycles. The molecule has 5 rings (SSSR count). The van der Waals surface area contributed by atoms with E-state index in [1.165, 1.54) is 0 Å². The Morgan fingerprint density at radius 3 is 1.38 bits per heavy atom. The van der Waals surface area contributed by atoms with Crippen molar-refractivity contribution in [2.45, 2.75) is 33.0 Å². The van der Waals surface area contributed by atoms with E-state index in [1.54, 1.807) is 41.6 Å². The third-order valence-corrected chi connectivity index (χ3v) is 7.10. The second-order valence-corrected chi connectivity index (χ2v) is 11.0. The van der Waals surface area contributed by atoms with Gasteiger partial charge in [-0.15, -0.1) is 0 Å². The van der Waals surface area contributed by atoms with Crippen LogP contribution < -0.4 is 17.2 Å². The van der Waals surface area contributed by atoms with E-state index in [4.69, 9.17) is 46.3 Å². The first kappa shape index (κ1) is 42.5. The zero-order valence-corrected chi connectivity index (χ0v) is 30.6. The number of nitrogen functional groups attached to an aromatic ring is 3. The van der Waals surface area contributed by atoms with Crippen molar-refractivity contribution >= 4 is 34.1 Å². The van der Waals surface area contributed by atoms with Gasteiger partial charge in [-0.05, 0) is 42.5 Å². The van der Waals surface area contributed by atoms with Gasteiger partial charge in [0.25, 0.3) is 0 Å². The zero-order valence-electron chi connectivity index (χ0n) is 30.6. The Morgan fingerprint density at radius 2 is 0.865 bits per heavy atom. The molecule has 0 unspecified atom stereocenters. The molecule has 0 saturated carbocycles. The summed E-state index contributed by atoms with van der Waals surface area (Å²) in [6.07, 6.45) is 0. The summed E-state index contributed by atoms with van der Waals surface area (Å²) in [5.41, 5.74) is 26.4. The van der Waals surface area contributed by atoms with E-state index in [1.807, 2.05) is 109 Å². The van der Waals surface area contributed by atoms with Gasteiger partial charge < -0.3 is 40.9 Å². The summed E-state index contributed by atoms with van der Waals surface area (Å²) in [5, 5.41) is 17.1. The van der Waals surface area contributed by atoms with Crippen molar-refractivity contribution in [3.05, 3.63) is 148 Å². The molecule has 0 amide bonds. The van der Waals surface area contributed by atoms with Crippen LogP contribution in [0.1, 0.15) is 27.8 Å². The zero-order chi connectivity index (χ0) is 38.0. The van der Waals surface area contributed by atoms with Gasteiger partial charge in [0.2, 0.25) is 5.39 Å². The molecule has 0 bridgehead atoms. The van der Waals surface area contributed by atoms with E-state index in [2.05, 4.69) is 15.2 Å². The Kier molecular flexibility index (Phi) is 20.7. The van der Waals surface area contributed by atoms with Crippen LogP contribution in [0.15, 0.2) is 125 Å². The van der Waals surface area contributed by atoms with Gasteiger partial charge >= 0.3 is 5.69 Å². The molecule has 5 aromatic carbocycles. The highest BCUT2D eigenvalue weighted by Crippen LogP contribution is 2.25. The lowest BCUT2D eigenvalue weighted by Crippen LogP contribution is -1.95. The molecule has 12 nitrogen and oxygen atoms in total. The average molecular weight is 709 g/mol. The van der Waals surface area contributed by atoms with Gasteiger partial charge in [-0.3, -0.25) is 0 Å². The largest absolute Gasteiger partial charge is 0.398 e. The normalized spacial score (nSPS) is 10.2. The average Bonchev–Trinajstić information content (AvgIpc) is 3.16. The molecule has 6 N–H and O–H groups in total. The first-order valence-corrected chi connectivity index (χ1v) is 16.2. The monoisotopic (exact) mass is 708 g/mol. The molecule has 52 heavy (non-hydrogen) atoms. The highest BCUT2D eigenvalue weighted by molar-refractivity contribution is 5.55. The number of nitrogens with two attached hydrogens (primary N) is 3. The first-order valence-electron chi connectivity index (χ1n) is 16.2. The van der Waals surface area contributed by atoms with Crippen molar-refractivity contribution in [3.8, 4) is 0 Å². The predicted molar refractivity (Wildman–Crippen MR) is 208 cm³/mol. The summed E-state index contributed by atoms with van der Waals surface area (Å²) in [4.78, 5) is 3.11. The van der Waals surface area contributed by atoms with Crippen molar-refractivity contribution in [1.82, 2.24) is 0 Å². The van der Waals surface area contributed by atoms with Crippen molar-refractivity contribution in [2.24, 2.45) is 10.2 Å². The van der Waals surface area contributed by atoms with E-state index in [0.717, 1.165) is 50.6 Å². The number of nitrogens with zero attached hydrogens (tertiary/aromatic N) is 4. The molecule has 0 atom stereocenters. The quantitative estimate of drug-likeness (QED) is 0.0648. The van der Waals surface area contributed by atoms with Crippen LogP contribution in [0, 0.1) is 5.39 Å². The van der Waals surface area contributed by atoms with Gasteiger partial charge in [0, 0.05) is 80.9 Å². The summed E-state index contributed by atoms with van der Waals surface area (Å²) in [6.45, 7) is 2.61. The van der Waals surface area contributed by atoms with E-state index in [-0.39, 0.29) is 0 Å². The maximum Gasteiger partial charge on any atom is 0.390 e. The third-order valence-electron chi connectivity index (χ3n) is 7.10. The van der Waals surface area contributed by atoms with Gasteiger partial charge in [0.05, 0.1) is 50.0 Å². The fourth-order valence-corrected chi connectivity index (χ4v) is 4.46. The van der Waals surface area contributed by atoms with E-state index >= 15 is 0 Å². The van der Waals surface area contributed by atoms with Crippen LogP contribution in [0.4, 0.5) is 34.1 Å². The molecule has 0 radical (unpaired) electrons. The minimum Gasteiger partial charge on any atom is -0.398 e. The van der Waals surface area contributed by atoms with Crippen molar-refractivity contribution < 1.29 is 23.7 Å². The van der Waals surface area contributed by atoms with E-state index < -0.39 is 0 Å². The number of benzene rings is 5. The van der Waals surface area contributed by atoms with Crippen LogP contribution >= 0.6 is 0 Å². The molecule has 0 aliphatic rings. The number of rotatable bonds is 12. The van der Waals surface area contributed by atoms with E-state index in [0.29, 0.717) is 44.4 Å². The minimum atomic E-state index is 0.454. The molecular weight excluding hydrogens is 658 g/mol. The van der Waals surface area contributed by atoms with Gasteiger partial charge in [-0.1, -0.05) is 66.7 Å². The molecule has 274 valence electrons. The lowest BCUT2D eigenvalue weighted by atomic mass is 10.2. The smallest absolute Gasteiger partial charge is 0.390 e. The SMILES string of the molecule is COCc1cc(N=Nc2ccccc2COC)ccc1N.COCc1ccccc1N.COCc1ccccc1N.COCc1ccccc1[N+]#N. The Hall–Kier alpha value is -5.68. The summed E-state index contributed by atoms with van der Waals surface area (Å²) in [7, 11) is 8.21. The number of hydrogen-bond acceptors (Lipinski definition) is 11. The molecule has 0 aromatic heterocycles. The number of methoxy groups -OCH3 is 5. The van der Waals surface area contributed by atoms with Crippen LogP contribution in [0.25, 0.3) is 4.98 Å². The highest BCUT2D eigenvalue weighted by atomic mass is 16.5. The Labute approximate surface area is 306 Å². The number of azo groups is 1. The summed E-state index contributed by atoms with van der Waals surface area (Å²) in [5.74, 6) is 0. The second-order valence-electron chi connectivity index (χ2n) is 11.0. The molecule has 5 aromatic rings. The maximum atomic E-state index is 8.51. The Morgan fingerprint density at radius 1 is 0.462 bits per heavy atom. The highest BCUT2D eigenvalue weighted by Gasteiger charge is 2.10. The van der Waals surface area contributed by atoms with Gasteiger partial charge in [-0.2, -0.15) is 10.2 Å². The molecule has 0 heterocycles. The Balaban J connectivity index is 0.000000257. The van der Waals surface area contributed by atoms with Crippen LogP contribution in [-0.2, 0) is 56.7 Å². The van der Waals surface area contributed by atoms with E-state index in [9.17, 15) is 0 Å². The number of para-hydroxylation sites is 2. The van der Waals surface area contributed by atoms with Crippen molar-refractivity contribution in [2.75, 3.05) is 52.7 Å². The first-order chi connectivity index (χ1) is 25.3. The number of ether oxygens (including phenoxy) is 5. The van der Waals surface area contributed by atoms with Gasteiger partial charge in [0.15, 0.2) is 4.98 Å². The number of diazo groups is 1. The fraction of sp³-hybridized carbons (Fsp3) is 0.250. The predicted octanol–water partition coefficient (Wildman–Crippen LogP) is 9.12. The molecule has 12 heteroatoms. The van der Waals surface area contributed by atoms with Crippen molar-refractivity contribution in [3.63, 3.8) is 0 Å². The maximum absolute atomic E-state index is 8.51. The summed E-state index contributed by atoms with van der Waals surface area (Å²) < 4.78 is 25.0. The lowest BCUT2D eigenvalue weighted by Gasteiger charge is -2.05.